The Morgan fingerprint density at radius 1 is 0.903 bits per heavy atom. The molecule has 0 heterocycles. The molecule has 4 saturated carbocycles. The predicted octanol–water partition coefficient (Wildman–Crippen LogP) is 8.48. The summed E-state index contributed by atoms with van der Waals surface area (Å²) in [6.07, 6.45) is 15.2. The fourth-order valence-corrected chi connectivity index (χ4v) is 9.69. The van der Waals surface area contributed by atoms with E-state index in [0.717, 1.165) is 18.3 Å². The first-order valence-corrected chi connectivity index (χ1v) is 13.4. The third kappa shape index (κ3) is 3.34. The van der Waals surface area contributed by atoms with E-state index in [1.165, 1.54) is 63.4 Å². The Morgan fingerprint density at radius 3 is 2.29 bits per heavy atom. The van der Waals surface area contributed by atoms with Crippen molar-refractivity contribution < 1.29 is 5.11 Å². The zero-order valence-electron chi connectivity index (χ0n) is 21.9. The van der Waals surface area contributed by atoms with E-state index in [1.54, 1.807) is 5.57 Å². The van der Waals surface area contributed by atoms with E-state index in [9.17, 15) is 5.11 Å². The Labute approximate surface area is 193 Å². The van der Waals surface area contributed by atoms with Gasteiger partial charge in [-0.3, -0.25) is 0 Å². The molecule has 0 aromatic rings. The summed E-state index contributed by atoms with van der Waals surface area (Å²) in [5.41, 5.74) is 6.33. The summed E-state index contributed by atoms with van der Waals surface area (Å²) in [4.78, 5) is 0. The van der Waals surface area contributed by atoms with Crippen molar-refractivity contribution in [1.29, 1.82) is 0 Å². The van der Waals surface area contributed by atoms with E-state index >= 15 is 0 Å². The molecule has 1 heteroatoms. The van der Waals surface area contributed by atoms with Crippen molar-refractivity contribution in [3.8, 4) is 0 Å². The van der Waals surface area contributed by atoms with Crippen molar-refractivity contribution in [3.05, 3.63) is 22.8 Å². The lowest BCUT2D eigenvalue weighted by molar-refractivity contribution is -0.191. The third-order valence-corrected chi connectivity index (χ3v) is 11.8. The number of hydrogen-bond donors (Lipinski definition) is 1. The number of aliphatic hydroxyl groups is 1. The van der Waals surface area contributed by atoms with Gasteiger partial charge in [0.1, 0.15) is 0 Å². The summed E-state index contributed by atoms with van der Waals surface area (Å²) >= 11 is 0. The minimum Gasteiger partial charge on any atom is -0.393 e. The maximum atomic E-state index is 10.8. The van der Waals surface area contributed by atoms with E-state index < -0.39 is 0 Å². The van der Waals surface area contributed by atoms with Gasteiger partial charge in [-0.2, -0.15) is 0 Å². The van der Waals surface area contributed by atoms with Gasteiger partial charge in [0.2, 0.25) is 0 Å². The van der Waals surface area contributed by atoms with Crippen molar-refractivity contribution in [2.45, 2.75) is 126 Å². The van der Waals surface area contributed by atoms with E-state index in [2.05, 4.69) is 61.5 Å². The molecule has 0 aromatic carbocycles. The maximum absolute atomic E-state index is 10.8. The van der Waals surface area contributed by atoms with Crippen LogP contribution in [0.2, 0.25) is 0 Å². The molecule has 4 rings (SSSR count). The number of hydrogen-bond acceptors (Lipinski definition) is 1. The molecular formula is C30H50O. The Hall–Kier alpha value is -0.560. The van der Waals surface area contributed by atoms with Gasteiger partial charge in [0, 0.05) is 0 Å². The second kappa shape index (κ2) is 7.75. The van der Waals surface area contributed by atoms with Crippen LogP contribution in [0.5, 0.6) is 0 Å². The zero-order chi connectivity index (χ0) is 22.8. The van der Waals surface area contributed by atoms with Gasteiger partial charge in [-0.05, 0) is 124 Å². The standard InChI is InChI=1S/C30H50O/c1-20(2)10-9-11-21(3)22-14-18-30(8)24-12-13-25-27(4,5)26(31)16-17-28(25,6)23(24)15-19-29(22,30)7/h10,23-26,31H,9,11-19H2,1-8H3/b22-21-/t23-,24+,25-,26-,28+,29+,30-/m0/s1. The van der Waals surface area contributed by atoms with Crippen molar-refractivity contribution >= 4 is 0 Å². The van der Waals surface area contributed by atoms with Gasteiger partial charge in [0.15, 0.2) is 0 Å². The zero-order valence-corrected chi connectivity index (χ0v) is 21.9. The summed E-state index contributed by atoms with van der Waals surface area (Å²) in [7, 11) is 0. The Balaban J connectivity index is 1.63. The van der Waals surface area contributed by atoms with Gasteiger partial charge in [-0.15, -0.1) is 0 Å². The quantitative estimate of drug-likeness (QED) is 0.449. The minimum absolute atomic E-state index is 0.0713. The first-order chi connectivity index (χ1) is 14.4. The highest BCUT2D eigenvalue weighted by atomic mass is 16.3. The highest BCUT2D eigenvalue weighted by molar-refractivity contribution is 5.32. The van der Waals surface area contributed by atoms with Crippen LogP contribution in [-0.2, 0) is 0 Å². The normalized spacial score (nSPS) is 47.8. The summed E-state index contributed by atoms with van der Waals surface area (Å²) in [5, 5.41) is 10.8. The molecule has 4 fully saturated rings. The molecule has 1 nitrogen and oxygen atoms in total. The van der Waals surface area contributed by atoms with Crippen LogP contribution >= 0.6 is 0 Å². The van der Waals surface area contributed by atoms with Gasteiger partial charge in [-0.1, -0.05) is 57.4 Å². The lowest BCUT2D eigenvalue weighted by Crippen LogP contribution is -2.61. The van der Waals surface area contributed by atoms with Crippen LogP contribution < -0.4 is 0 Å². The van der Waals surface area contributed by atoms with Gasteiger partial charge in [0.05, 0.1) is 6.10 Å². The largest absolute Gasteiger partial charge is 0.393 e. The molecule has 4 aliphatic carbocycles. The monoisotopic (exact) mass is 426 g/mol. The van der Waals surface area contributed by atoms with Crippen molar-refractivity contribution in [3.63, 3.8) is 0 Å². The molecule has 0 spiro atoms. The van der Waals surface area contributed by atoms with Crippen LogP contribution in [0.25, 0.3) is 0 Å². The van der Waals surface area contributed by atoms with E-state index in [4.69, 9.17) is 0 Å². The van der Waals surface area contributed by atoms with Gasteiger partial charge in [0.25, 0.3) is 0 Å². The minimum atomic E-state index is -0.115. The van der Waals surface area contributed by atoms with Crippen molar-refractivity contribution in [2.24, 2.45) is 39.4 Å². The summed E-state index contributed by atoms with van der Waals surface area (Å²) in [6.45, 7) is 19.6. The molecule has 0 saturated heterocycles. The second-order valence-corrected chi connectivity index (χ2v) is 13.6. The SMILES string of the molecule is CC(C)=CCC/C(C)=C1/CC[C@@]2(C)[C@@H]3CC[C@H]4C(C)(C)[C@@H](O)CC[C@]4(C)[C@H]3CC[C@]12C. The van der Waals surface area contributed by atoms with Crippen LogP contribution in [0, 0.1) is 39.4 Å². The molecule has 0 bridgehead atoms. The fraction of sp³-hybridized carbons (Fsp3) is 0.867. The Kier molecular flexibility index (Phi) is 5.90. The molecule has 0 radical (unpaired) electrons. The maximum Gasteiger partial charge on any atom is 0.0594 e. The fourth-order valence-electron chi connectivity index (χ4n) is 9.69. The topological polar surface area (TPSA) is 20.2 Å². The average Bonchev–Trinajstić information content (AvgIpc) is 2.96. The molecule has 0 aliphatic heterocycles. The Bertz CT molecular complexity index is 767. The third-order valence-electron chi connectivity index (χ3n) is 11.8. The number of allylic oxidation sites excluding steroid dienone is 4. The molecular weight excluding hydrogens is 376 g/mol. The van der Waals surface area contributed by atoms with Crippen molar-refractivity contribution in [2.75, 3.05) is 0 Å². The van der Waals surface area contributed by atoms with Crippen molar-refractivity contribution in [1.82, 2.24) is 0 Å². The summed E-state index contributed by atoms with van der Waals surface area (Å²) in [5.74, 6) is 2.39. The Morgan fingerprint density at radius 2 is 1.61 bits per heavy atom. The second-order valence-electron chi connectivity index (χ2n) is 13.6. The van der Waals surface area contributed by atoms with E-state index in [-0.39, 0.29) is 11.5 Å². The van der Waals surface area contributed by atoms with Gasteiger partial charge >= 0.3 is 0 Å². The summed E-state index contributed by atoms with van der Waals surface area (Å²) in [6, 6.07) is 0. The van der Waals surface area contributed by atoms with Crippen LogP contribution in [0.15, 0.2) is 22.8 Å². The molecule has 1 N–H and O–H groups in total. The molecule has 0 amide bonds. The molecule has 4 aliphatic rings. The van der Waals surface area contributed by atoms with Crippen LogP contribution in [0.4, 0.5) is 0 Å². The number of aliphatic hydroxyl groups excluding tert-OH is 1. The van der Waals surface area contributed by atoms with Crippen LogP contribution in [0.1, 0.15) is 120 Å². The van der Waals surface area contributed by atoms with E-state index in [1.807, 2.05) is 5.57 Å². The molecule has 0 aromatic heterocycles. The van der Waals surface area contributed by atoms with E-state index in [0.29, 0.717) is 22.2 Å². The smallest absolute Gasteiger partial charge is 0.0594 e. The van der Waals surface area contributed by atoms with Gasteiger partial charge in [-0.25, -0.2) is 0 Å². The van der Waals surface area contributed by atoms with Gasteiger partial charge < -0.3 is 5.11 Å². The summed E-state index contributed by atoms with van der Waals surface area (Å²) < 4.78 is 0. The first-order valence-electron chi connectivity index (χ1n) is 13.4. The number of rotatable bonds is 3. The average molecular weight is 427 g/mol. The lowest BCUT2D eigenvalue weighted by atomic mass is 9.38. The lowest BCUT2D eigenvalue weighted by Gasteiger charge is -2.67. The highest BCUT2D eigenvalue weighted by Crippen LogP contribution is 2.74. The predicted molar refractivity (Wildman–Crippen MR) is 133 cm³/mol. The van der Waals surface area contributed by atoms with Crippen LogP contribution in [0.3, 0.4) is 0 Å². The highest BCUT2D eigenvalue weighted by Gasteiger charge is 2.66. The molecule has 31 heavy (non-hydrogen) atoms. The number of fused-ring (bicyclic) bond motifs is 5. The molecule has 7 atom stereocenters. The first kappa shape index (κ1) is 23.6. The molecule has 0 unspecified atom stereocenters. The molecule has 176 valence electrons. The van der Waals surface area contributed by atoms with Crippen LogP contribution in [-0.4, -0.2) is 11.2 Å².